The number of pyridine rings is 1. The van der Waals surface area contributed by atoms with E-state index in [2.05, 4.69) is 22.4 Å². The van der Waals surface area contributed by atoms with Gasteiger partial charge in [-0.25, -0.2) is 0 Å². The second kappa shape index (κ2) is 9.59. The second-order valence-electron chi connectivity index (χ2n) is 6.95. The van der Waals surface area contributed by atoms with Crippen molar-refractivity contribution >= 4 is 33.3 Å². The largest absolute Gasteiger partial charge is 0.311 e. The molecule has 0 aliphatic heterocycles. The number of para-hydroxylation sites is 1. The van der Waals surface area contributed by atoms with E-state index in [4.69, 9.17) is 0 Å². The zero-order chi connectivity index (χ0) is 19.9. The quantitative estimate of drug-likeness (QED) is 0.537. The van der Waals surface area contributed by atoms with Gasteiger partial charge in [-0.1, -0.05) is 68.6 Å². The molecular formula is C21H26N4O2S. The number of aromatic nitrogens is 3. The molecule has 0 spiro atoms. The van der Waals surface area contributed by atoms with Crippen LogP contribution in [-0.4, -0.2) is 20.7 Å². The van der Waals surface area contributed by atoms with E-state index in [0.29, 0.717) is 10.7 Å². The summed E-state index contributed by atoms with van der Waals surface area (Å²) in [4.78, 5) is 24.9. The number of hydrogen-bond donors (Lipinski definition) is 1. The Kier molecular flexibility index (Phi) is 6.92. The maximum absolute atomic E-state index is 12.7. The molecule has 0 saturated carbocycles. The van der Waals surface area contributed by atoms with Crippen LogP contribution < -0.4 is 10.9 Å². The number of amides is 1. The number of hydrogen-bond acceptors (Lipinski definition) is 5. The lowest BCUT2D eigenvalue weighted by atomic mass is 10.1. The van der Waals surface area contributed by atoms with Gasteiger partial charge < -0.3 is 4.57 Å². The molecule has 0 atom stereocenters. The normalized spacial score (nSPS) is 11.1. The van der Waals surface area contributed by atoms with Crippen molar-refractivity contribution in [1.82, 2.24) is 14.8 Å². The average molecular weight is 399 g/mol. The highest BCUT2D eigenvalue weighted by Gasteiger charge is 2.15. The Morgan fingerprint density at radius 2 is 1.86 bits per heavy atom. The summed E-state index contributed by atoms with van der Waals surface area (Å²) < 4.78 is 1.54. The summed E-state index contributed by atoms with van der Waals surface area (Å²) in [7, 11) is 1.70. The summed E-state index contributed by atoms with van der Waals surface area (Å²) >= 11 is 1.40. The molecule has 0 fully saturated rings. The smallest absolute Gasteiger partial charge is 0.258 e. The lowest BCUT2D eigenvalue weighted by Crippen LogP contribution is -2.21. The van der Waals surface area contributed by atoms with Gasteiger partial charge in [0.2, 0.25) is 5.13 Å². The van der Waals surface area contributed by atoms with E-state index >= 15 is 0 Å². The molecule has 0 radical (unpaired) electrons. The number of unbranched alkanes of at least 4 members (excludes halogenated alkanes) is 5. The van der Waals surface area contributed by atoms with Crippen LogP contribution in [-0.2, 0) is 13.5 Å². The predicted molar refractivity (Wildman–Crippen MR) is 114 cm³/mol. The standard InChI is InChI=1S/C21H26N4O2S/c1-3-4-5-6-7-8-13-18-23-24-21(28-18)22-20(27)16-14-19(26)25(2)17-12-10-9-11-15(16)17/h9-12,14H,3-8,13H2,1-2H3,(H,22,24,27). The molecule has 6 nitrogen and oxygen atoms in total. The highest BCUT2D eigenvalue weighted by Crippen LogP contribution is 2.21. The monoisotopic (exact) mass is 398 g/mol. The van der Waals surface area contributed by atoms with E-state index in [0.717, 1.165) is 28.8 Å². The molecule has 0 aliphatic rings. The van der Waals surface area contributed by atoms with Crippen molar-refractivity contribution in [3.05, 3.63) is 51.3 Å². The summed E-state index contributed by atoms with van der Waals surface area (Å²) in [6.07, 6.45) is 8.26. The minimum atomic E-state index is -0.337. The number of benzene rings is 1. The van der Waals surface area contributed by atoms with Crippen LogP contribution in [0.3, 0.4) is 0 Å². The molecule has 7 heteroatoms. The van der Waals surface area contributed by atoms with Gasteiger partial charge in [0.05, 0.1) is 11.1 Å². The van der Waals surface area contributed by atoms with Gasteiger partial charge in [-0.05, 0) is 12.5 Å². The number of aryl methyl sites for hydroxylation is 2. The molecular weight excluding hydrogens is 372 g/mol. The maximum Gasteiger partial charge on any atom is 0.258 e. The first-order chi connectivity index (χ1) is 13.6. The number of anilines is 1. The Hall–Kier alpha value is -2.54. The fourth-order valence-electron chi connectivity index (χ4n) is 3.22. The molecule has 148 valence electrons. The summed E-state index contributed by atoms with van der Waals surface area (Å²) in [6.45, 7) is 2.22. The third kappa shape index (κ3) is 4.84. The van der Waals surface area contributed by atoms with Gasteiger partial charge in [0, 0.05) is 24.9 Å². The fourth-order valence-corrected chi connectivity index (χ4v) is 4.00. The van der Waals surface area contributed by atoms with Crippen molar-refractivity contribution in [3.63, 3.8) is 0 Å². The number of rotatable bonds is 9. The summed E-state index contributed by atoms with van der Waals surface area (Å²) in [5.41, 5.74) is 0.859. The van der Waals surface area contributed by atoms with Crippen LogP contribution in [0.4, 0.5) is 5.13 Å². The van der Waals surface area contributed by atoms with Gasteiger partial charge in [0.1, 0.15) is 5.01 Å². The number of carbonyl (C=O) groups is 1. The Balaban J connectivity index is 1.65. The zero-order valence-electron chi connectivity index (χ0n) is 16.4. The van der Waals surface area contributed by atoms with Crippen molar-refractivity contribution in [1.29, 1.82) is 0 Å². The fraction of sp³-hybridized carbons (Fsp3) is 0.429. The molecule has 0 saturated heterocycles. The Morgan fingerprint density at radius 3 is 2.68 bits per heavy atom. The van der Waals surface area contributed by atoms with Crippen molar-refractivity contribution in [2.45, 2.75) is 51.9 Å². The second-order valence-corrected chi connectivity index (χ2v) is 8.01. The lowest BCUT2D eigenvalue weighted by molar-refractivity contribution is 0.102. The third-order valence-electron chi connectivity index (χ3n) is 4.83. The van der Waals surface area contributed by atoms with Crippen molar-refractivity contribution in [3.8, 4) is 0 Å². The van der Waals surface area contributed by atoms with Crippen LogP contribution in [0.15, 0.2) is 35.1 Å². The SMILES string of the molecule is CCCCCCCCc1nnc(NC(=O)c2cc(=O)n(C)c3ccccc23)s1. The van der Waals surface area contributed by atoms with Crippen molar-refractivity contribution in [2.75, 3.05) is 5.32 Å². The van der Waals surface area contributed by atoms with Crippen LogP contribution >= 0.6 is 11.3 Å². The minimum Gasteiger partial charge on any atom is -0.311 e. The van der Waals surface area contributed by atoms with E-state index in [-0.39, 0.29) is 11.5 Å². The first kappa shape index (κ1) is 20.2. The van der Waals surface area contributed by atoms with Gasteiger partial charge >= 0.3 is 0 Å². The first-order valence-electron chi connectivity index (χ1n) is 9.82. The van der Waals surface area contributed by atoms with Crippen molar-refractivity contribution < 1.29 is 4.79 Å². The number of nitrogens with zero attached hydrogens (tertiary/aromatic N) is 3. The molecule has 1 aromatic carbocycles. The molecule has 3 aromatic rings. The number of nitrogens with one attached hydrogen (secondary N) is 1. The van der Waals surface area contributed by atoms with Gasteiger partial charge in [0.25, 0.3) is 11.5 Å². The lowest BCUT2D eigenvalue weighted by Gasteiger charge is -2.09. The van der Waals surface area contributed by atoms with E-state index in [1.54, 1.807) is 7.05 Å². The van der Waals surface area contributed by atoms with Crippen LogP contribution in [0.1, 0.15) is 60.8 Å². The highest BCUT2D eigenvalue weighted by atomic mass is 32.1. The van der Waals surface area contributed by atoms with E-state index < -0.39 is 0 Å². The molecule has 3 rings (SSSR count). The van der Waals surface area contributed by atoms with Crippen LogP contribution in [0, 0.1) is 0 Å². The molecule has 1 amide bonds. The molecule has 0 aliphatic carbocycles. The van der Waals surface area contributed by atoms with Gasteiger partial charge in [0.15, 0.2) is 0 Å². The summed E-state index contributed by atoms with van der Waals surface area (Å²) in [6, 6.07) is 8.75. The van der Waals surface area contributed by atoms with E-state index in [9.17, 15) is 9.59 Å². The third-order valence-corrected chi connectivity index (χ3v) is 5.73. The topological polar surface area (TPSA) is 76.9 Å². The Labute approximate surface area is 168 Å². The molecule has 28 heavy (non-hydrogen) atoms. The van der Waals surface area contributed by atoms with Crippen LogP contribution in [0.5, 0.6) is 0 Å². The number of fused-ring (bicyclic) bond motifs is 1. The highest BCUT2D eigenvalue weighted by molar-refractivity contribution is 7.15. The Bertz CT molecular complexity index is 1010. The molecule has 0 unspecified atom stereocenters. The van der Waals surface area contributed by atoms with Gasteiger partial charge in [-0.3, -0.25) is 14.9 Å². The van der Waals surface area contributed by atoms with Crippen LogP contribution in [0.2, 0.25) is 0 Å². The predicted octanol–water partition coefficient (Wildman–Crippen LogP) is 4.55. The molecule has 2 heterocycles. The first-order valence-corrected chi connectivity index (χ1v) is 10.6. The molecule has 1 N–H and O–H groups in total. The summed E-state index contributed by atoms with van der Waals surface area (Å²) in [5, 5.41) is 13.2. The van der Waals surface area contributed by atoms with Crippen molar-refractivity contribution in [2.24, 2.45) is 7.05 Å². The summed E-state index contributed by atoms with van der Waals surface area (Å²) in [5.74, 6) is -0.337. The maximum atomic E-state index is 12.7. The number of carbonyl (C=O) groups excluding carboxylic acids is 1. The Morgan fingerprint density at radius 1 is 1.11 bits per heavy atom. The van der Waals surface area contributed by atoms with Crippen LogP contribution in [0.25, 0.3) is 10.9 Å². The molecule has 2 aromatic heterocycles. The average Bonchev–Trinajstić information content (AvgIpc) is 3.14. The minimum absolute atomic E-state index is 0.218. The molecule has 0 bridgehead atoms. The van der Waals surface area contributed by atoms with Gasteiger partial charge in [-0.15, -0.1) is 10.2 Å². The zero-order valence-corrected chi connectivity index (χ0v) is 17.2. The van der Waals surface area contributed by atoms with E-state index in [1.165, 1.54) is 54.1 Å². The van der Waals surface area contributed by atoms with Gasteiger partial charge in [-0.2, -0.15) is 0 Å². The van der Waals surface area contributed by atoms with E-state index in [1.807, 2.05) is 24.3 Å².